The van der Waals surface area contributed by atoms with Gasteiger partial charge in [-0.05, 0) is 25.1 Å². The Morgan fingerprint density at radius 1 is 1.07 bits per heavy atom. The molecular weight excluding hydrogens is 442 g/mol. The number of hydrogen-bond acceptors (Lipinski definition) is 7. The smallest absolute Gasteiger partial charge is 0.237 e. The van der Waals surface area contributed by atoms with Crippen molar-refractivity contribution < 1.29 is 9.26 Å². The van der Waals surface area contributed by atoms with Gasteiger partial charge in [0.05, 0.1) is 17.9 Å². The summed E-state index contributed by atoms with van der Waals surface area (Å²) in [7, 11) is 0. The summed E-state index contributed by atoms with van der Waals surface area (Å²) in [5, 5.41) is 11.9. The Morgan fingerprint density at radius 2 is 1.86 bits per heavy atom. The van der Waals surface area contributed by atoms with E-state index in [0.717, 1.165) is 21.3 Å². The molecule has 28 heavy (non-hydrogen) atoms. The van der Waals surface area contributed by atoms with Crippen molar-refractivity contribution in [1.29, 1.82) is 0 Å². The van der Waals surface area contributed by atoms with Gasteiger partial charge in [0.25, 0.3) is 0 Å². The van der Waals surface area contributed by atoms with Gasteiger partial charge in [-0.2, -0.15) is 4.98 Å². The summed E-state index contributed by atoms with van der Waals surface area (Å²) in [5.41, 5.74) is 1.76. The van der Waals surface area contributed by atoms with Crippen molar-refractivity contribution in [1.82, 2.24) is 25.3 Å². The van der Waals surface area contributed by atoms with Gasteiger partial charge < -0.3 is 9.26 Å². The topological polar surface area (TPSA) is 89.7 Å². The molecule has 0 aliphatic rings. The number of para-hydroxylation sites is 1. The highest BCUT2D eigenvalue weighted by Gasteiger charge is 2.15. The van der Waals surface area contributed by atoms with E-state index in [4.69, 9.17) is 9.26 Å². The molecule has 0 atom stereocenters. The Balaban J connectivity index is 1.45. The highest BCUT2D eigenvalue weighted by Crippen LogP contribution is 2.30. The minimum atomic E-state index is 0.469. The number of nitrogens with zero attached hydrogens (tertiary/aromatic N) is 4. The number of benzene rings is 2. The summed E-state index contributed by atoms with van der Waals surface area (Å²) in [6.45, 7) is 2.51. The second-order valence-electron chi connectivity index (χ2n) is 5.68. The second kappa shape index (κ2) is 8.57. The third-order valence-electron chi connectivity index (χ3n) is 3.81. The second-order valence-corrected chi connectivity index (χ2v) is 7.47. The largest absolute Gasteiger partial charge is 0.493 e. The van der Waals surface area contributed by atoms with Crippen LogP contribution in [-0.4, -0.2) is 31.9 Å². The van der Waals surface area contributed by atoms with Gasteiger partial charge in [0.1, 0.15) is 5.75 Å². The molecule has 4 rings (SSSR count). The predicted octanol–water partition coefficient (Wildman–Crippen LogP) is 4.98. The molecule has 2 heterocycles. The molecule has 0 bridgehead atoms. The first-order valence-corrected chi connectivity index (χ1v) is 10.4. The molecule has 0 saturated carbocycles. The van der Waals surface area contributed by atoms with Crippen LogP contribution in [0.25, 0.3) is 22.8 Å². The molecule has 0 spiro atoms. The number of rotatable bonds is 7. The zero-order valence-corrected chi connectivity index (χ0v) is 17.3. The lowest BCUT2D eigenvalue weighted by molar-refractivity contribution is 0.341. The van der Waals surface area contributed by atoms with E-state index in [1.807, 2.05) is 55.5 Å². The fourth-order valence-corrected chi connectivity index (χ4v) is 3.68. The zero-order valence-electron chi connectivity index (χ0n) is 14.9. The SMILES string of the molecule is CCOc1ccccc1-c1noc(CSc2n[nH]c(-c3ccccc3Br)n2)n1. The molecule has 0 fully saturated rings. The average Bonchev–Trinajstić information content (AvgIpc) is 3.37. The van der Waals surface area contributed by atoms with Crippen LogP contribution in [0.3, 0.4) is 0 Å². The summed E-state index contributed by atoms with van der Waals surface area (Å²) >= 11 is 4.94. The lowest BCUT2D eigenvalue weighted by atomic mass is 10.2. The van der Waals surface area contributed by atoms with E-state index >= 15 is 0 Å². The van der Waals surface area contributed by atoms with Crippen LogP contribution in [0.2, 0.25) is 0 Å². The van der Waals surface area contributed by atoms with Crippen LogP contribution in [-0.2, 0) is 5.75 Å². The molecule has 0 unspecified atom stereocenters. The van der Waals surface area contributed by atoms with Crippen LogP contribution >= 0.6 is 27.7 Å². The summed E-state index contributed by atoms with van der Waals surface area (Å²) in [5.74, 6) is 2.91. The van der Waals surface area contributed by atoms with E-state index in [2.05, 4.69) is 41.3 Å². The van der Waals surface area contributed by atoms with E-state index < -0.39 is 0 Å². The summed E-state index contributed by atoms with van der Waals surface area (Å²) in [4.78, 5) is 8.98. The van der Waals surface area contributed by atoms with Crippen molar-refractivity contribution in [2.45, 2.75) is 17.8 Å². The third kappa shape index (κ3) is 4.10. The molecule has 0 radical (unpaired) electrons. The lowest BCUT2D eigenvalue weighted by Gasteiger charge is -2.05. The van der Waals surface area contributed by atoms with Gasteiger partial charge in [-0.1, -0.05) is 63.2 Å². The minimum Gasteiger partial charge on any atom is -0.493 e. The van der Waals surface area contributed by atoms with Crippen LogP contribution < -0.4 is 4.74 Å². The Hall–Kier alpha value is -2.65. The van der Waals surface area contributed by atoms with E-state index in [9.17, 15) is 0 Å². The van der Waals surface area contributed by atoms with Crippen LogP contribution in [0.15, 0.2) is 62.7 Å². The number of aromatic nitrogens is 5. The van der Waals surface area contributed by atoms with Crippen molar-refractivity contribution in [2.75, 3.05) is 6.61 Å². The van der Waals surface area contributed by atoms with Crippen LogP contribution in [0.5, 0.6) is 5.75 Å². The monoisotopic (exact) mass is 457 g/mol. The van der Waals surface area contributed by atoms with Crippen molar-refractivity contribution in [2.24, 2.45) is 0 Å². The first-order chi connectivity index (χ1) is 13.7. The Labute approximate surface area is 174 Å². The number of thioether (sulfide) groups is 1. The molecule has 0 saturated heterocycles. The number of aromatic amines is 1. The maximum Gasteiger partial charge on any atom is 0.237 e. The van der Waals surface area contributed by atoms with E-state index in [1.54, 1.807) is 0 Å². The molecule has 1 N–H and O–H groups in total. The Morgan fingerprint density at radius 3 is 2.68 bits per heavy atom. The van der Waals surface area contributed by atoms with Crippen LogP contribution in [0, 0.1) is 0 Å². The van der Waals surface area contributed by atoms with Crippen molar-refractivity contribution in [3.63, 3.8) is 0 Å². The molecule has 0 amide bonds. The predicted molar refractivity (Wildman–Crippen MR) is 110 cm³/mol. The fourth-order valence-electron chi connectivity index (χ4n) is 2.57. The third-order valence-corrected chi connectivity index (χ3v) is 5.34. The summed E-state index contributed by atoms with van der Waals surface area (Å²) < 4.78 is 12.0. The summed E-state index contributed by atoms with van der Waals surface area (Å²) in [6, 6.07) is 15.5. The first kappa shape index (κ1) is 18.7. The lowest BCUT2D eigenvalue weighted by Crippen LogP contribution is -1.94. The van der Waals surface area contributed by atoms with Gasteiger partial charge in [-0.3, -0.25) is 5.10 Å². The van der Waals surface area contributed by atoms with Gasteiger partial charge in [-0.25, -0.2) is 4.98 Å². The average molecular weight is 458 g/mol. The molecule has 7 nitrogen and oxygen atoms in total. The number of hydrogen-bond donors (Lipinski definition) is 1. The highest BCUT2D eigenvalue weighted by molar-refractivity contribution is 9.10. The summed E-state index contributed by atoms with van der Waals surface area (Å²) in [6.07, 6.45) is 0. The molecule has 142 valence electrons. The fraction of sp³-hybridized carbons (Fsp3) is 0.158. The van der Waals surface area contributed by atoms with Crippen molar-refractivity contribution >= 4 is 27.7 Å². The molecule has 2 aromatic carbocycles. The normalized spacial score (nSPS) is 10.9. The molecule has 0 aliphatic carbocycles. The minimum absolute atomic E-state index is 0.469. The first-order valence-electron chi connectivity index (χ1n) is 8.59. The molecule has 2 aromatic heterocycles. The van der Waals surface area contributed by atoms with Gasteiger partial charge in [0.2, 0.25) is 16.9 Å². The molecule has 9 heteroatoms. The Kier molecular flexibility index (Phi) is 5.73. The molecular formula is C19H16BrN5O2S. The van der Waals surface area contributed by atoms with Gasteiger partial charge in [0.15, 0.2) is 5.82 Å². The highest BCUT2D eigenvalue weighted by atomic mass is 79.9. The van der Waals surface area contributed by atoms with Crippen molar-refractivity contribution in [3.05, 3.63) is 58.9 Å². The number of ether oxygens (including phenoxy) is 1. The quantitative estimate of drug-likeness (QED) is 0.391. The van der Waals surface area contributed by atoms with Crippen molar-refractivity contribution in [3.8, 4) is 28.5 Å². The van der Waals surface area contributed by atoms with Gasteiger partial charge in [0, 0.05) is 10.0 Å². The van der Waals surface area contributed by atoms with E-state index in [1.165, 1.54) is 11.8 Å². The van der Waals surface area contributed by atoms with Gasteiger partial charge >= 0.3 is 0 Å². The van der Waals surface area contributed by atoms with Crippen LogP contribution in [0.1, 0.15) is 12.8 Å². The van der Waals surface area contributed by atoms with E-state index in [-0.39, 0.29) is 0 Å². The number of nitrogens with one attached hydrogen (secondary N) is 1. The van der Waals surface area contributed by atoms with Gasteiger partial charge in [-0.15, -0.1) is 5.10 Å². The standard InChI is InChI=1S/C19H16BrN5O2S/c1-2-26-15-10-6-4-8-13(15)18-21-16(27-25-18)11-28-19-22-17(23-24-19)12-7-3-5-9-14(12)20/h3-10H,2,11H2,1H3,(H,22,23,24). The maximum atomic E-state index is 5.63. The number of H-pyrrole nitrogens is 1. The molecule has 4 aromatic rings. The zero-order chi connectivity index (χ0) is 19.3. The Bertz CT molecular complexity index is 1080. The molecule has 0 aliphatic heterocycles. The maximum absolute atomic E-state index is 5.63. The number of halogens is 1. The van der Waals surface area contributed by atoms with E-state index in [0.29, 0.717) is 35.1 Å². The van der Waals surface area contributed by atoms with Crippen LogP contribution in [0.4, 0.5) is 0 Å².